The van der Waals surface area contributed by atoms with Gasteiger partial charge >= 0.3 is 6.03 Å². The van der Waals surface area contributed by atoms with Gasteiger partial charge in [-0.25, -0.2) is 4.79 Å². The Morgan fingerprint density at radius 3 is 2.70 bits per heavy atom. The summed E-state index contributed by atoms with van der Waals surface area (Å²) in [7, 11) is 1.52. The first-order chi connectivity index (χ1) is 13.0. The molecule has 0 radical (unpaired) electrons. The van der Waals surface area contributed by atoms with E-state index in [0.29, 0.717) is 22.9 Å². The molecule has 0 spiro atoms. The maximum absolute atomic E-state index is 13.0. The van der Waals surface area contributed by atoms with Gasteiger partial charge in [-0.15, -0.1) is 0 Å². The summed E-state index contributed by atoms with van der Waals surface area (Å²) in [6.45, 7) is 2.64. The van der Waals surface area contributed by atoms with Gasteiger partial charge in [0, 0.05) is 29.0 Å². The fourth-order valence-electron chi connectivity index (χ4n) is 3.24. The van der Waals surface area contributed by atoms with Crippen molar-refractivity contribution in [3.63, 3.8) is 0 Å². The first-order valence-corrected chi connectivity index (χ1v) is 9.27. The Morgan fingerprint density at radius 1 is 1.30 bits per heavy atom. The molecule has 3 rings (SSSR count). The number of methoxy groups -OCH3 is 1. The number of carbonyl (C=O) groups is 2. The van der Waals surface area contributed by atoms with E-state index in [1.807, 2.05) is 12.1 Å². The van der Waals surface area contributed by atoms with Crippen LogP contribution in [0.3, 0.4) is 0 Å². The highest BCUT2D eigenvalue weighted by Crippen LogP contribution is 2.27. The second-order valence-electron chi connectivity index (χ2n) is 6.48. The molecule has 2 amide bonds. The SMILES string of the molecule is CCC[C@H]1CN(c2ccc(Cl)cc2)C(=O)N1CC(=O)c1cncc(OC)c1. The maximum Gasteiger partial charge on any atom is 0.325 e. The molecule has 1 aromatic carbocycles. The van der Waals surface area contributed by atoms with Gasteiger partial charge in [-0.05, 0) is 36.8 Å². The van der Waals surface area contributed by atoms with Crippen molar-refractivity contribution in [1.82, 2.24) is 9.88 Å². The predicted octanol–water partition coefficient (Wildman–Crippen LogP) is 4.04. The van der Waals surface area contributed by atoms with Crippen LogP contribution >= 0.6 is 11.6 Å². The summed E-state index contributed by atoms with van der Waals surface area (Å²) in [6.07, 6.45) is 4.80. The molecule has 6 nitrogen and oxygen atoms in total. The van der Waals surface area contributed by atoms with Crippen molar-refractivity contribution in [1.29, 1.82) is 0 Å². The molecule has 0 saturated carbocycles. The summed E-state index contributed by atoms with van der Waals surface area (Å²) >= 11 is 5.95. The van der Waals surface area contributed by atoms with Crippen LogP contribution in [0.2, 0.25) is 5.02 Å². The number of urea groups is 1. The van der Waals surface area contributed by atoms with E-state index in [9.17, 15) is 9.59 Å². The lowest BCUT2D eigenvalue weighted by Gasteiger charge is -2.22. The van der Waals surface area contributed by atoms with Crippen LogP contribution < -0.4 is 9.64 Å². The molecule has 2 aromatic rings. The van der Waals surface area contributed by atoms with E-state index in [2.05, 4.69) is 11.9 Å². The quantitative estimate of drug-likeness (QED) is 0.673. The number of amides is 2. The van der Waals surface area contributed by atoms with E-state index in [-0.39, 0.29) is 24.4 Å². The van der Waals surface area contributed by atoms with E-state index in [4.69, 9.17) is 16.3 Å². The Balaban J connectivity index is 1.80. The molecule has 0 N–H and O–H groups in total. The van der Waals surface area contributed by atoms with Crippen molar-refractivity contribution in [2.45, 2.75) is 25.8 Å². The summed E-state index contributed by atoms with van der Waals surface area (Å²) in [5, 5.41) is 0.619. The minimum atomic E-state index is -0.167. The van der Waals surface area contributed by atoms with Crippen molar-refractivity contribution in [3.8, 4) is 5.75 Å². The van der Waals surface area contributed by atoms with Crippen molar-refractivity contribution in [2.75, 3.05) is 25.1 Å². The number of ether oxygens (including phenoxy) is 1. The number of anilines is 1. The van der Waals surface area contributed by atoms with E-state index in [1.165, 1.54) is 13.3 Å². The summed E-state index contributed by atoms with van der Waals surface area (Å²) in [5.41, 5.74) is 1.21. The number of rotatable bonds is 7. The third-order valence-electron chi connectivity index (χ3n) is 4.66. The average Bonchev–Trinajstić information content (AvgIpc) is 2.98. The number of nitrogens with zero attached hydrogens (tertiary/aromatic N) is 3. The maximum atomic E-state index is 13.0. The second kappa shape index (κ2) is 8.39. The first-order valence-electron chi connectivity index (χ1n) is 8.89. The number of Topliss-reactive ketones (excluding diaryl/α,β-unsaturated/α-hetero) is 1. The summed E-state index contributed by atoms with van der Waals surface area (Å²) < 4.78 is 5.13. The van der Waals surface area contributed by atoms with Crippen molar-refractivity contribution >= 4 is 29.1 Å². The molecular weight excluding hydrogens is 366 g/mol. The molecule has 1 aromatic heterocycles. The Labute approximate surface area is 163 Å². The van der Waals surface area contributed by atoms with Gasteiger partial charge < -0.3 is 9.64 Å². The van der Waals surface area contributed by atoms with Crippen LogP contribution in [-0.2, 0) is 0 Å². The third kappa shape index (κ3) is 4.22. The van der Waals surface area contributed by atoms with Crippen LogP contribution in [0.1, 0.15) is 30.1 Å². The lowest BCUT2D eigenvalue weighted by molar-refractivity contribution is 0.0934. The van der Waals surface area contributed by atoms with Crippen LogP contribution in [0.5, 0.6) is 5.75 Å². The molecule has 0 bridgehead atoms. The zero-order valence-electron chi connectivity index (χ0n) is 15.4. The number of hydrogen-bond acceptors (Lipinski definition) is 4. The summed E-state index contributed by atoms with van der Waals surface area (Å²) in [5.74, 6) is 0.357. The van der Waals surface area contributed by atoms with Crippen LogP contribution in [-0.4, -0.2) is 47.9 Å². The van der Waals surface area contributed by atoms with Gasteiger partial charge in [0.1, 0.15) is 5.75 Å². The molecule has 1 aliphatic rings. The molecule has 27 heavy (non-hydrogen) atoms. The standard InChI is InChI=1S/C20H22ClN3O3/c1-3-4-17-12-23(16-7-5-15(21)6-8-16)20(26)24(17)13-19(25)14-9-18(27-2)11-22-10-14/h5-11,17H,3-4,12-13H2,1-2H3/t17-/m0/s1. The molecule has 2 heterocycles. The molecule has 0 aliphatic carbocycles. The third-order valence-corrected chi connectivity index (χ3v) is 4.91. The topological polar surface area (TPSA) is 62.7 Å². The minimum absolute atomic E-state index is 0.0132. The van der Waals surface area contributed by atoms with Crippen LogP contribution in [0, 0.1) is 0 Å². The van der Waals surface area contributed by atoms with Crippen LogP contribution in [0.15, 0.2) is 42.7 Å². The Morgan fingerprint density at radius 2 is 2.04 bits per heavy atom. The Hall–Kier alpha value is -2.60. The van der Waals surface area contributed by atoms with Crippen molar-refractivity contribution < 1.29 is 14.3 Å². The number of aromatic nitrogens is 1. The monoisotopic (exact) mass is 387 g/mol. The number of halogens is 1. The number of hydrogen-bond donors (Lipinski definition) is 0. The van der Waals surface area contributed by atoms with E-state index in [1.54, 1.807) is 34.2 Å². The lowest BCUT2D eigenvalue weighted by atomic mass is 10.1. The van der Waals surface area contributed by atoms with Crippen molar-refractivity contribution in [3.05, 3.63) is 53.3 Å². The molecule has 142 valence electrons. The predicted molar refractivity (Wildman–Crippen MR) is 105 cm³/mol. The van der Waals surface area contributed by atoms with Gasteiger partial charge in [0.2, 0.25) is 0 Å². The molecule has 1 fully saturated rings. The van der Waals surface area contributed by atoms with Gasteiger partial charge in [-0.2, -0.15) is 0 Å². The highest BCUT2D eigenvalue weighted by molar-refractivity contribution is 6.30. The highest BCUT2D eigenvalue weighted by Gasteiger charge is 2.38. The number of ketones is 1. The van der Waals surface area contributed by atoms with Crippen LogP contribution in [0.25, 0.3) is 0 Å². The summed E-state index contributed by atoms with van der Waals surface area (Å²) in [4.78, 5) is 33.1. The summed E-state index contributed by atoms with van der Waals surface area (Å²) in [6, 6.07) is 8.62. The molecular formula is C20H22ClN3O3. The molecule has 0 unspecified atom stereocenters. The normalized spacial score (nSPS) is 16.7. The number of carbonyl (C=O) groups excluding carboxylic acids is 2. The number of benzene rings is 1. The lowest BCUT2D eigenvalue weighted by Crippen LogP contribution is -2.39. The average molecular weight is 388 g/mol. The van der Waals surface area contributed by atoms with Gasteiger partial charge in [-0.3, -0.25) is 14.7 Å². The van der Waals surface area contributed by atoms with Gasteiger partial charge in [-0.1, -0.05) is 24.9 Å². The first kappa shape index (κ1) is 19.2. The van der Waals surface area contributed by atoms with E-state index in [0.717, 1.165) is 18.5 Å². The van der Waals surface area contributed by atoms with Gasteiger partial charge in [0.15, 0.2) is 5.78 Å². The minimum Gasteiger partial charge on any atom is -0.495 e. The fraction of sp³-hybridized carbons (Fsp3) is 0.350. The second-order valence-corrected chi connectivity index (χ2v) is 6.91. The molecule has 1 aliphatic heterocycles. The number of pyridine rings is 1. The molecule has 7 heteroatoms. The zero-order valence-corrected chi connectivity index (χ0v) is 16.1. The van der Waals surface area contributed by atoms with Gasteiger partial charge in [0.25, 0.3) is 0 Å². The van der Waals surface area contributed by atoms with E-state index < -0.39 is 0 Å². The molecule has 1 saturated heterocycles. The Bertz CT molecular complexity index is 825. The highest BCUT2D eigenvalue weighted by atomic mass is 35.5. The largest absolute Gasteiger partial charge is 0.495 e. The van der Waals surface area contributed by atoms with E-state index >= 15 is 0 Å². The van der Waals surface area contributed by atoms with Gasteiger partial charge in [0.05, 0.1) is 25.9 Å². The smallest absolute Gasteiger partial charge is 0.325 e. The Kier molecular flexibility index (Phi) is 5.96. The zero-order chi connectivity index (χ0) is 19.4. The fourth-order valence-corrected chi connectivity index (χ4v) is 3.37. The van der Waals surface area contributed by atoms with Crippen LogP contribution in [0.4, 0.5) is 10.5 Å². The molecule has 1 atom stereocenters. The van der Waals surface area contributed by atoms with Crippen molar-refractivity contribution in [2.24, 2.45) is 0 Å².